The highest BCUT2D eigenvalue weighted by Gasteiger charge is 2.66. The molecule has 53 heavy (non-hydrogen) atoms. The quantitative estimate of drug-likeness (QED) is 0.0871. The third-order valence-electron chi connectivity index (χ3n) is 10.8. The Bertz CT molecular complexity index is 2020. The molecule has 278 valence electrons. The summed E-state index contributed by atoms with van der Waals surface area (Å²) in [5.41, 5.74) is 2.12. The fourth-order valence-corrected chi connectivity index (χ4v) is 11.0. The van der Waals surface area contributed by atoms with E-state index in [-0.39, 0.29) is 37.3 Å². The standard InChI is InChI=1S/C39H44FN5O7Si/c1-24-37(53(4,5)40)34(16-17-43-22-32(41-42-43)30(23-46)27-11-7-6-8-12-27)52-39(24)31-19-29(50-3)14-15-33(31)44(38(39)49)21-26-10-9-13-28(18-26)45-35(48)20-36(45)51-25(2)47/h6-15,18-19,22,24,30,34,36-37,46H,16-17,20-21,23H2,1-5H3/t24-,30?,34+,36?,37-,39+/m1/s1. The van der Waals surface area contributed by atoms with Gasteiger partial charge in [0.05, 0.1) is 50.1 Å². The van der Waals surface area contributed by atoms with Crippen molar-refractivity contribution in [1.29, 1.82) is 0 Å². The van der Waals surface area contributed by atoms with Crippen molar-refractivity contribution < 1.29 is 37.8 Å². The first-order valence-corrected chi connectivity index (χ1v) is 20.8. The summed E-state index contributed by atoms with van der Waals surface area (Å²) < 4.78 is 36.0. The predicted molar refractivity (Wildman–Crippen MR) is 196 cm³/mol. The number of anilines is 2. The monoisotopic (exact) mass is 741 g/mol. The minimum atomic E-state index is -3.43. The van der Waals surface area contributed by atoms with Gasteiger partial charge in [0.15, 0.2) is 11.8 Å². The molecule has 14 heteroatoms. The Morgan fingerprint density at radius 2 is 1.89 bits per heavy atom. The molecule has 4 heterocycles. The maximum Gasteiger partial charge on any atom is 0.304 e. The Hall–Kier alpha value is -4.92. The van der Waals surface area contributed by atoms with Crippen molar-refractivity contribution in [3.05, 3.63) is 101 Å². The number of amides is 2. The topological polar surface area (TPSA) is 136 Å². The van der Waals surface area contributed by atoms with Gasteiger partial charge < -0.3 is 28.3 Å². The van der Waals surface area contributed by atoms with Crippen LogP contribution < -0.4 is 14.5 Å². The first-order valence-electron chi connectivity index (χ1n) is 17.9. The molecule has 2 saturated heterocycles. The summed E-state index contributed by atoms with van der Waals surface area (Å²) in [6.07, 6.45) is 1.01. The number of aliphatic hydroxyl groups excluding tert-OH is 1. The number of halogens is 1. The van der Waals surface area contributed by atoms with Gasteiger partial charge in [-0.2, -0.15) is 0 Å². The van der Waals surface area contributed by atoms with Crippen molar-refractivity contribution in [2.24, 2.45) is 5.92 Å². The Morgan fingerprint density at radius 1 is 1.11 bits per heavy atom. The molecular weight excluding hydrogens is 698 g/mol. The molecule has 3 aliphatic rings. The van der Waals surface area contributed by atoms with Crippen molar-refractivity contribution in [3.63, 3.8) is 0 Å². The molecule has 0 radical (unpaired) electrons. The fourth-order valence-electron chi connectivity index (χ4n) is 8.45. The lowest BCUT2D eigenvalue weighted by Gasteiger charge is -2.39. The van der Waals surface area contributed by atoms with Crippen molar-refractivity contribution in [1.82, 2.24) is 15.0 Å². The van der Waals surface area contributed by atoms with Crippen LogP contribution in [0.4, 0.5) is 15.5 Å². The van der Waals surface area contributed by atoms with E-state index in [0.29, 0.717) is 41.3 Å². The Labute approximate surface area is 308 Å². The first kappa shape index (κ1) is 36.4. The summed E-state index contributed by atoms with van der Waals surface area (Å²) >= 11 is 0. The molecule has 7 rings (SSSR count). The zero-order valence-corrected chi connectivity index (χ0v) is 31.4. The number of hydrogen-bond acceptors (Lipinski definition) is 9. The van der Waals surface area contributed by atoms with Gasteiger partial charge in [0.2, 0.25) is 14.3 Å². The van der Waals surface area contributed by atoms with Crippen LogP contribution in [0.15, 0.2) is 79.0 Å². The molecule has 1 N–H and O–H groups in total. The minimum Gasteiger partial charge on any atom is -0.497 e. The van der Waals surface area contributed by atoms with Crippen LogP contribution in [0.25, 0.3) is 0 Å². The van der Waals surface area contributed by atoms with E-state index < -0.39 is 43.8 Å². The number of aliphatic hydroxyl groups is 1. The first-order chi connectivity index (χ1) is 25.3. The number of fused-ring (bicyclic) bond motifs is 2. The maximum atomic E-state index is 16.5. The van der Waals surface area contributed by atoms with E-state index in [1.54, 1.807) is 54.2 Å². The Balaban J connectivity index is 1.18. The highest BCUT2D eigenvalue weighted by molar-refractivity contribution is 6.72. The Morgan fingerprint density at radius 3 is 2.57 bits per heavy atom. The number of β-lactam (4-membered cyclic amide) rings is 1. The third-order valence-corrected chi connectivity index (χ3v) is 13.3. The Kier molecular flexibility index (Phi) is 9.72. The number of carbonyl (C=O) groups excluding carboxylic acids is 3. The van der Waals surface area contributed by atoms with Crippen LogP contribution in [-0.4, -0.2) is 72.3 Å². The summed E-state index contributed by atoms with van der Waals surface area (Å²) in [7, 11) is -1.88. The summed E-state index contributed by atoms with van der Waals surface area (Å²) in [6, 6.07) is 22.3. The molecule has 12 nitrogen and oxygen atoms in total. The molecular formula is C39H44FN5O7Si. The molecule has 0 saturated carbocycles. The maximum absolute atomic E-state index is 16.5. The van der Waals surface area contributed by atoms with Crippen LogP contribution in [0.3, 0.4) is 0 Å². The number of esters is 1. The number of hydrogen-bond donors (Lipinski definition) is 1. The predicted octanol–water partition coefficient (Wildman–Crippen LogP) is 5.45. The zero-order chi connectivity index (χ0) is 37.7. The van der Waals surface area contributed by atoms with E-state index in [9.17, 15) is 19.5 Å². The number of ether oxygens (including phenoxy) is 3. The van der Waals surface area contributed by atoms with Gasteiger partial charge in [0.25, 0.3) is 5.91 Å². The molecule has 4 aromatic rings. The molecule has 2 amide bonds. The molecule has 1 aromatic heterocycles. The van der Waals surface area contributed by atoms with Crippen molar-refractivity contribution in [3.8, 4) is 5.75 Å². The van der Waals surface area contributed by atoms with E-state index in [1.807, 2.05) is 61.5 Å². The van der Waals surface area contributed by atoms with Crippen LogP contribution in [0.5, 0.6) is 5.75 Å². The van der Waals surface area contributed by atoms with Crippen molar-refractivity contribution in [2.75, 3.05) is 23.5 Å². The molecule has 3 aliphatic heterocycles. The van der Waals surface area contributed by atoms with Gasteiger partial charge in [-0.1, -0.05) is 54.6 Å². The smallest absolute Gasteiger partial charge is 0.304 e. The second-order valence-corrected chi connectivity index (χ2v) is 18.4. The van der Waals surface area contributed by atoms with Gasteiger partial charge in [0.1, 0.15) is 5.75 Å². The molecule has 2 unspecified atom stereocenters. The zero-order valence-electron chi connectivity index (χ0n) is 30.4. The average Bonchev–Trinajstić information content (AvgIpc) is 3.78. The van der Waals surface area contributed by atoms with Gasteiger partial charge in [-0.05, 0) is 61.0 Å². The van der Waals surface area contributed by atoms with E-state index >= 15 is 4.11 Å². The van der Waals surface area contributed by atoms with Gasteiger partial charge in [-0.25, -0.2) is 0 Å². The number of carbonyl (C=O) groups is 3. The van der Waals surface area contributed by atoms with Crippen LogP contribution >= 0.6 is 0 Å². The molecule has 0 aliphatic carbocycles. The number of rotatable bonds is 12. The van der Waals surface area contributed by atoms with Crippen molar-refractivity contribution >= 4 is 37.6 Å². The third kappa shape index (κ3) is 6.53. The number of aromatic nitrogens is 3. The SMILES string of the molecule is COc1ccc2c(c1)[C@]1(O[C@@H](CCn3cc(C(CO)c4ccccc4)nn3)[C@H]([Si](C)(C)F)[C@H]1C)C(=O)N2Cc1cccc(N2C(=O)CC2OC(C)=O)c1. The number of benzene rings is 3. The van der Waals surface area contributed by atoms with Gasteiger partial charge in [-0.15, -0.1) is 5.10 Å². The summed E-state index contributed by atoms with van der Waals surface area (Å²) in [5, 5.41) is 18.8. The van der Waals surface area contributed by atoms with Gasteiger partial charge in [-0.3, -0.25) is 24.0 Å². The molecule has 3 aromatic carbocycles. The lowest BCUT2D eigenvalue weighted by molar-refractivity contribution is -0.154. The summed E-state index contributed by atoms with van der Waals surface area (Å²) in [5.74, 6) is -1.24. The largest absolute Gasteiger partial charge is 0.497 e. The highest BCUT2D eigenvalue weighted by Crippen LogP contribution is 2.60. The number of methoxy groups -OCH3 is 1. The normalized spacial score (nSPS) is 24.4. The second-order valence-electron chi connectivity index (χ2n) is 14.6. The second kappa shape index (κ2) is 14.1. The molecule has 6 atom stereocenters. The molecule has 1 spiro atoms. The van der Waals surface area contributed by atoms with E-state index in [1.165, 1.54) is 11.8 Å². The van der Waals surface area contributed by atoms with Gasteiger partial charge >= 0.3 is 5.97 Å². The lowest BCUT2D eigenvalue weighted by atomic mass is 9.82. The number of aryl methyl sites for hydroxylation is 1. The fraction of sp³-hybridized carbons (Fsp3) is 0.410. The van der Waals surface area contributed by atoms with E-state index in [0.717, 1.165) is 11.1 Å². The lowest BCUT2D eigenvalue weighted by Crippen LogP contribution is -2.54. The van der Waals surface area contributed by atoms with Crippen LogP contribution in [0.1, 0.15) is 55.0 Å². The molecule has 2 fully saturated rings. The van der Waals surface area contributed by atoms with Gasteiger partial charge in [0, 0.05) is 42.4 Å². The van der Waals surface area contributed by atoms with Crippen LogP contribution in [0, 0.1) is 5.92 Å². The minimum absolute atomic E-state index is 0.104. The highest BCUT2D eigenvalue weighted by atomic mass is 28.4. The van der Waals surface area contributed by atoms with Crippen LogP contribution in [0.2, 0.25) is 18.6 Å². The summed E-state index contributed by atoms with van der Waals surface area (Å²) in [4.78, 5) is 42.2. The molecule has 0 bridgehead atoms. The average molecular weight is 742 g/mol. The van der Waals surface area contributed by atoms with Crippen molar-refractivity contribution in [2.45, 2.75) is 82.3 Å². The van der Waals surface area contributed by atoms with E-state index in [2.05, 4.69) is 10.3 Å². The van der Waals surface area contributed by atoms with Crippen LogP contribution in [-0.2, 0) is 42.5 Å². The summed E-state index contributed by atoms with van der Waals surface area (Å²) in [6.45, 7) is 6.94. The van der Waals surface area contributed by atoms with E-state index in [4.69, 9.17) is 14.2 Å². The number of nitrogens with zero attached hydrogens (tertiary/aromatic N) is 5.